The summed E-state index contributed by atoms with van der Waals surface area (Å²) in [5.41, 5.74) is 2.21. The van der Waals surface area contributed by atoms with Crippen molar-refractivity contribution in [2.24, 2.45) is 5.92 Å². The number of carbonyl (C=O) groups is 2. The number of amides is 1. The van der Waals surface area contributed by atoms with Crippen molar-refractivity contribution in [2.75, 3.05) is 6.54 Å². The zero-order valence-electron chi connectivity index (χ0n) is 14.0. The molecule has 1 heterocycles. The van der Waals surface area contributed by atoms with Gasteiger partial charge in [-0.3, -0.25) is 9.59 Å². The summed E-state index contributed by atoms with van der Waals surface area (Å²) in [5.74, 6) is -0.932. The number of ether oxygens (including phenoxy) is 1. The molecule has 3 rings (SSSR count). The third-order valence-corrected chi connectivity index (χ3v) is 4.70. The average Bonchev–Trinajstić information content (AvgIpc) is 3.02. The summed E-state index contributed by atoms with van der Waals surface area (Å²) in [5, 5.41) is 9.39. The summed E-state index contributed by atoms with van der Waals surface area (Å²) in [6.45, 7) is 0.841. The van der Waals surface area contributed by atoms with Crippen LogP contribution in [-0.2, 0) is 27.5 Å². The molecule has 5 nitrogen and oxygen atoms in total. The minimum Gasteiger partial charge on any atom is -0.461 e. The number of hydrogen-bond acceptors (Lipinski definition) is 4. The second kappa shape index (κ2) is 8.03. The highest BCUT2D eigenvalue weighted by molar-refractivity contribution is 6.31. The zero-order valence-corrected chi connectivity index (χ0v) is 14.8. The average molecular weight is 369 g/mol. The van der Waals surface area contributed by atoms with Crippen molar-refractivity contribution in [3.63, 3.8) is 0 Å². The molecule has 26 heavy (non-hydrogen) atoms. The van der Waals surface area contributed by atoms with Crippen molar-refractivity contribution in [2.45, 2.75) is 19.6 Å². The summed E-state index contributed by atoms with van der Waals surface area (Å²) >= 11 is 6.14. The number of likely N-dealkylation sites (tertiary alicyclic amines) is 1. The van der Waals surface area contributed by atoms with E-state index in [1.54, 1.807) is 35.2 Å². The van der Waals surface area contributed by atoms with Crippen LogP contribution in [0.2, 0.25) is 5.02 Å². The van der Waals surface area contributed by atoms with E-state index < -0.39 is 5.92 Å². The maximum atomic E-state index is 12.3. The van der Waals surface area contributed by atoms with Gasteiger partial charge in [0.15, 0.2) is 0 Å². The minimum atomic E-state index is -0.469. The fourth-order valence-electron chi connectivity index (χ4n) is 2.86. The lowest BCUT2D eigenvalue weighted by atomic mass is 10.1. The normalized spacial score (nSPS) is 16.4. The Morgan fingerprint density at radius 3 is 2.65 bits per heavy atom. The quantitative estimate of drug-likeness (QED) is 0.759. The molecule has 1 amide bonds. The van der Waals surface area contributed by atoms with Gasteiger partial charge in [0.2, 0.25) is 5.91 Å². The summed E-state index contributed by atoms with van der Waals surface area (Å²) in [6.07, 6.45) is 0.149. The lowest BCUT2D eigenvalue weighted by Gasteiger charge is -2.17. The topological polar surface area (TPSA) is 70.4 Å². The van der Waals surface area contributed by atoms with Crippen molar-refractivity contribution in [1.82, 2.24) is 4.90 Å². The molecule has 0 radical (unpaired) electrons. The van der Waals surface area contributed by atoms with Crippen molar-refractivity contribution in [3.8, 4) is 6.07 Å². The van der Waals surface area contributed by atoms with Crippen LogP contribution in [0.25, 0.3) is 0 Å². The summed E-state index contributed by atoms with van der Waals surface area (Å²) in [6, 6.07) is 16.2. The monoisotopic (exact) mass is 368 g/mol. The maximum absolute atomic E-state index is 12.3. The Hall–Kier alpha value is -2.84. The minimum absolute atomic E-state index is 0.0785. The molecule has 0 aromatic heterocycles. The van der Waals surface area contributed by atoms with E-state index >= 15 is 0 Å². The van der Waals surface area contributed by atoms with Crippen LogP contribution >= 0.6 is 11.6 Å². The first kappa shape index (κ1) is 18.0. The van der Waals surface area contributed by atoms with Gasteiger partial charge < -0.3 is 9.64 Å². The molecule has 1 aliphatic rings. The van der Waals surface area contributed by atoms with E-state index in [4.69, 9.17) is 21.6 Å². The molecule has 6 heteroatoms. The molecule has 1 atom stereocenters. The molecule has 1 fully saturated rings. The molecule has 0 bridgehead atoms. The fraction of sp³-hybridized carbons (Fsp3) is 0.250. The van der Waals surface area contributed by atoms with E-state index in [1.165, 1.54) is 0 Å². The fourth-order valence-corrected chi connectivity index (χ4v) is 3.06. The van der Waals surface area contributed by atoms with E-state index in [-0.39, 0.29) is 24.9 Å². The number of carbonyl (C=O) groups excluding carboxylic acids is 2. The van der Waals surface area contributed by atoms with Crippen LogP contribution in [0.4, 0.5) is 0 Å². The van der Waals surface area contributed by atoms with E-state index in [2.05, 4.69) is 0 Å². The third-order valence-electron chi connectivity index (χ3n) is 4.33. The number of nitriles is 1. The molecule has 0 spiro atoms. The predicted molar refractivity (Wildman–Crippen MR) is 95.9 cm³/mol. The lowest BCUT2D eigenvalue weighted by molar-refractivity contribution is -0.149. The van der Waals surface area contributed by atoms with Gasteiger partial charge in [-0.05, 0) is 29.3 Å². The zero-order chi connectivity index (χ0) is 18.5. The van der Waals surface area contributed by atoms with Crippen LogP contribution in [0.5, 0.6) is 0 Å². The molecule has 2 aromatic carbocycles. The van der Waals surface area contributed by atoms with Crippen molar-refractivity contribution in [1.29, 1.82) is 5.26 Å². The SMILES string of the molecule is N#Cc1ccc(COC(=O)[C@@H]2CC(=O)N(Cc3ccccc3Cl)C2)cc1. The molecule has 1 aliphatic heterocycles. The molecule has 1 saturated heterocycles. The van der Waals surface area contributed by atoms with Crippen LogP contribution < -0.4 is 0 Å². The van der Waals surface area contributed by atoms with Gasteiger partial charge in [-0.1, -0.05) is 41.9 Å². The number of rotatable bonds is 5. The summed E-state index contributed by atoms with van der Waals surface area (Å²) in [7, 11) is 0. The number of hydrogen-bond donors (Lipinski definition) is 0. The Morgan fingerprint density at radius 1 is 1.23 bits per heavy atom. The third kappa shape index (κ3) is 4.22. The van der Waals surface area contributed by atoms with Crippen LogP contribution in [0, 0.1) is 17.2 Å². The van der Waals surface area contributed by atoms with Crippen molar-refractivity contribution < 1.29 is 14.3 Å². The van der Waals surface area contributed by atoms with Crippen LogP contribution in [0.15, 0.2) is 48.5 Å². The van der Waals surface area contributed by atoms with E-state index in [1.807, 2.05) is 24.3 Å². The molecule has 0 N–H and O–H groups in total. The second-order valence-corrected chi connectivity index (χ2v) is 6.59. The first-order valence-electron chi connectivity index (χ1n) is 8.23. The molecule has 0 aliphatic carbocycles. The first-order chi connectivity index (χ1) is 12.6. The van der Waals surface area contributed by atoms with Gasteiger partial charge in [0, 0.05) is 24.5 Å². The van der Waals surface area contributed by atoms with Gasteiger partial charge in [-0.2, -0.15) is 5.26 Å². The largest absolute Gasteiger partial charge is 0.461 e. The number of esters is 1. The number of benzene rings is 2. The van der Waals surface area contributed by atoms with Gasteiger partial charge in [-0.25, -0.2) is 0 Å². The highest BCUT2D eigenvalue weighted by atomic mass is 35.5. The van der Waals surface area contributed by atoms with Gasteiger partial charge >= 0.3 is 5.97 Å². The van der Waals surface area contributed by atoms with Crippen LogP contribution in [0.3, 0.4) is 0 Å². The standard InChI is InChI=1S/C20H17ClN2O3/c21-18-4-2-1-3-16(18)11-23-12-17(9-19(23)24)20(25)26-13-15-7-5-14(10-22)6-8-15/h1-8,17H,9,11-13H2/t17-/m1/s1. The van der Waals surface area contributed by atoms with Crippen molar-refractivity contribution >= 4 is 23.5 Å². The Labute approximate surface area is 156 Å². The molecule has 0 unspecified atom stereocenters. The Balaban J connectivity index is 1.55. The molecule has 2 aromatic rings. The van der Waals surface area contributed by atoms with Gasteiger partial charge in [0.25, 0.3) is 0 Å². The molecular formula is C20H17ClN2O3. The molecule has 0 saturated carbocycles. The van der Waals surface area contributed by atoms with E-state index in [9.17, 15) is 9.59 Å². The van der Waals surface area contributed by atoms with E-state index in [0.29, 0.717) is 23.7 Å². The maximum Gasteiger partial charge on any atom is 0.311 e. The Bertz CT molecular complexity index is 858. The first-order valence-corrected chi connectivity index (χ1v) is 8.61. The van der Waals surface area contributed by atoms with Gasteiger partial charge in [-0.15, -0.1) is 0 Å². The lowest BCUT2D eigenvalue weighted by Crippen LogP contribution is -2.26. The highest BCUT2D eigenvalue weighted by Crippen LogP contribution is 2.24. The van der Waals surface area contributed by atoms with Gasteiger partial charge in [0.1, 0.15) is 6.61 Å². The second-order valence-electron chi connectivity index (χ2n) is 6.18. The Kier molecular flexibility index (Phi) is 5.55. The summed E-state index contributed by atoms with van der Waals surface area (Å²) < 4.78 is 5.33. The summed E-state index contributed by atoms with van der Waals surface area (Å²) in [4.78, 5) is 26.1. The molecular weight excluding hydrogens is 352 g/mol. The van der Waals surface area contributed by atoms with Crippen LogP contribution in [0.1, 0.15) is 23.1 Å². The van der Waals surface area contributed by atoms with Gasteiger partial charge in [0.05, 0.1) is 17.6 Å². The number of halogens is 1. The Morgan fingerprint density at radius 2 is 1.96 bits per heavy atom. The van der Waals surface area contributed by atoms with E-state index in [0.717, 1.165) is 11.1 Å². The predicted octanol–water partition coefficient (Wildman–Crippen LogP) is 3.30. The number of nitrogens with zero attached hydrogens (tertiary/aromatic N) is 2. The van der Waals surface area contributed by atoms with Crippen LogP contribution in [-0.4, -0.2) is 23.3 Å². The van der Waals surface area contributed by atoms with Crippen molar-refractivity contribution in [3.05, 3.63) is 70.2 Å². The highest BCUT2D eigenvalue weighted by Gasteiger charge is 2.35. The smallest absolute Gasteiger partial charge is 0.311 e. The molecule has 132 valence electrons.